The third-order valence-corrected chi connectivity index (χ3v) is 6.34. The van der Waals surface area contributed by atoms with Gasteiger partial charge >= 0.3 is 0 Å². The molecule has 9 heteroatoms. The third kappa shape index (κ3) is 4.49. The van der Waals surface area contributed by atoms with E-state index in [0.29, 0.717) is 39.5 Å². The topological polar surface area (TPSA) is 101 Å². The van der Waals surface area contributed by atoms with Gasteiger partial charge in [0.2, 0.25) is 11.8 Å². The number of hydrogen-bond donors (Lipinski definition) is 2. The Morgan fingerprint density at radius 1 is 1.17 bits per heavy atom. The summed E-state index contributed by atoms with van der Waals surface area (Å²) in [4.78, 5) is 11.6. The van der Waals surface area contributed by atoms with E-state index in [0.717, 1.165) is 5.56 Å². The molecule has 2 N–H and O–H groups in total. The lowest BCUT2D eigenvalue weighted by atomic mass is 10.0. The van der Waals surface area contributed by atoms with E-state index in [2.05, 4.69) is 15.2 Å². The highest BCUT2D eigenvalue weighted by molar-refractivity contribution is 7.92. The number of amides is 1. The minimum absolute atomic E-state index is 0.0914. The predicted octanol–water partition coefficient (Wildman–Crippen LogP) is 4.93. The fourth-order valence-electron chi connectivity index (χ4n) is 3.06. The lowest BCUT2D eigenvalue weighted by Gasteiger charge is -2.14. The first-order valence-corrected chi connectivity index (χ1v) is 11.1. The number of hydrogen-bond acceptors (Lipinski definition) is 5. The first kappa shape index (κ1) is 21.9. The van der Waals surface area contributed by atoms with Gasteiger partial charge in [-0.15, -0.1) is 0 Å². The summed E-state index contributed by atoms with van der Waals surface area (Å²) in [5, 5.41) is 6.91. The Balaban J connectivity index is 2.08. The van der Waals surface area contributed by atoms with Crippen molar-refractivity contribution >= 4 is 39.1 Å². The summed E-state index contributed by atoms with van der Waals surface area (Å²) in [7, 11) is -3.92. The van der Waals surface area contributed by atoms with E-state index in [1.165, 1.54) is 13.0 Å². The molecular weight excluding hydrogens is 426 g/mol. The molecule has 30 heavy (non-hydrogen) atoms. The lowest BCUT2D eigenvalue weighted by molar-refractivity contribution is -0.114. The normalized spacial score (nSPS) is 11.4. The Kier molecular flexibility index (Phi) is 6.19. The van der Waals surface area contributed by atoms with Crippen molar-refractivity contribution in [3.63, 3.8) is 0 Å². The standard InChI is InChI=1S/C21H22ClN3O4S/c1-5-17-20(21(29-24-17)23-14(4)26)15-8-7-13(3)19(11-15)30(27,28)25-18-9-6-12(2)10-16(18)22/h6-11,25H,5H2,1-4H3,(H,23,26). The Hall–Kier alpha value is -2.84. The molecule has 0 spiro atoms. The summed E-state index contributed by atoms with van der Waals surface area (Å²) in [5.74, 6) is -0.133. The Morgan fingerprint density at radius 2 is 1.90 bits per heavy atom. The molecule has 3 rings (SSSR count). The first-order chi connectivity index (χ1) is 14.1. The van der Waals surface area contributed by atoms with Crippen molar-refractivity contribution in [2.24, 2.45) is 0 Å². The summed E-state index contributed by atoms with van der Waals surface area (Å²) in [6, 6.07) is 10.1. The van der Waals surface area contributed by atoms with E-state index >= 15 is 0 Å². The van der Waals surface area contributed by atoms with Crippen LogP contribution in [-0.2, 0) is 21.2 Å². The molecule has 0 saturated heterocycles. The van der Waals surface area contributed by atoms with Gasteiger partial charge in [0.25, 0.3) is 10.0 Å². The summed E-state index contributed by atoms with van der Waals surface area (Å²) < 4.78 is 34.1. The maximum atomic E-state index is 13.1. The summed E-state index contributed by atoms with van der Waals surface area (Å²) >= 11 is 6.20. The third-order valence-electron chi connectivity index (χ3n) is 4.52. The highest BCUT2D eigenvalue weighted by Gasteiger charge is 2.23. The number of rotatable bonds is 6. The van der Waals surface area contributed by atoms with Crippen molar-refractivity contribution in [2.75, 3.05) is 10.0 Å². The Labute approximate surface area is 180 Å². The van der Waals surface area contributed by atoms with Gasteiger partial charge in [-0.3, -0.25) is 14.8 Å². The van der Waals surface area contributed by atoms with E-state index in [1.807, 2.05) is 13.8 Å². The molecule has 0 aliphatic heterocycles. The fraction of sp³-hybridized carbons (Fsp3) is 0.238. The minimum Gasteiger partial charge on any atom is -0.337 e. The smallest absolute Gasteiger partial charge is 0.262 e. The van der Waals surface area contributed by atoms with Crippen LogP contribution in [0.25, 0.3) is 11.1 Å². The molecule has 2 aromatic carbocycles. The van der Waals surface area contributed by atoms with Gasteiger partial charge in [-0.25, -0.2) is 8.42 Å². The number of aryl methyl sites for hydroxylation is 3. The van der Waals surface area contributed by atoms with Crippen LogP contribution in [0.5, 0.6) is 0 Å². The SMILES string of the molecule is CCc1noc(NC(C)=O)c1-c1ccc(C)c(S(=O)(=O)Nc2ccc(C)cc2Cl)c1. The van der Waals surface area contributed by atoms with E-state index in [1.54, 1.807) is 37.3 Å². The second-order valence-corrected chi connectivity index (χ2v) is 9.00. The van der Waals surface area contributed by atoms with Crippen LogP contribution in [0.3, 0.4) is 0 Å². The average molecular weight is 448 g/mol. The molecule has 1 heterocycles. The Morgan fingerprint density at radius 3 is 2.53 bits per heavy atom. The molecule has 158 valence electrons. The molecule has 7 nitrogen and oxygen atoms in total. The molecule has 1 aromatic heterocycles. The zero-order chi connectivity index (χ0) is 22.1. The molecule has 0 aliphatic carbocycles. The summed E-state index contributed by atoms with van der Waals surface area (Å²) in [6.45, 7) is 6.83. The van der Waals surface area contributed by atoms with E-state index in [-0.39, 0.29) is 16.7 Å². The number of sulfonamides is 1. The molecular formula is C21H22ClN3O4S. The van der Waals surface area contributed by atoms with E-state index in [4.69, 9.17) is 16.1 Å². The quantitative estimate of drug-likeness (QED) is 0.557. The minimum atomic E-state index is -3.92. The van der Waals surface area contributed by atoms with Gasteiger partial charge in [0.1, 0.15) is 0 Å². The van der Waals surface area contributed by atoms with Crippen LogP contribution >= 0.6 is 11.6 Å². The van der Waals surface area contributed by atoms with E-state index in [9.17, 15) is 13.2 Å². The number of nitrogens with one attached hydrogen (secondary N) is 2. The van der Waals surface area contributed by atoms with Gasteiger partial charge in [-0.1, -0.05) is 41.9 Å². The number of aromatic nitrogens is 1. The van der Waals surface area contributed by atoms with Crippen LogP contribution in [0.4, 0.5) is 11.6 Å². The molecule has 0 fully saturated rings. The number of halogens is 1. The molecule has 0 aliphatic rings. The van der Waals surface area contributed by atoms with Gasteiger partial charge in [0.05, 0.1) is 26.9 Å². The largest absolute Gasteiger partial charge is 0.337 e. The summed E-state index contributed by atoms with van der Waals surface area (Å²) in [6.07, 6.45) is 0.547. The van der Waals surface area contributed by atoms with Crippen molar-refractivity contribution in [2.45, 2.75) is 39.0 Å². The molecule has 3 aromatic rings. The number of carbonyl (C=O) groups is 1. The van der Waals surface area contributed by atoms with Crippen molar-refractivity contribution in [3.8, 4) is 11.1 Å². The van der Waals surface area contributed by atoms with Gasteiger partial charge in [0.15, 0.2) is 0 Å². The van der Waals surface area contributed by atoms with Gasteiger partial charge < -0.3 is 4.52 Å². The van der Waals surface area contributed by atoms with Gasteiger partial charge in [-0.2, -0.15) is 0 Å². The van der Waals surface area contributed by atoms with Crippen LogP contribution in [0.15, 0.2) is 45.8 Å². The van der Waals surface area contributed by atoms with Gasteiger partial charge in [0, 0.05) is 6.92 Å². The van der Waals surface area contributed by atoms with Crippen LogP contribution in [0.1, 0.15) is 30.7 Å². The number of benzene rings is 2. The van der Waals surface area contributed by atoms with Crippen LogP contribution in [-0.4, -0.2) is 19.5 Å². The first-order valence-electron chi connectivity index (χ1n) is 9.28. The van der Waals surface area contributed by atoms with Crippen molar-refractivity contribution in [1.29, 1.82) is 0 Å². The van der Waals surface area contributed by atoms with Crippen molar-refractivity contribution in [1.82, 2.24) is 5.16 Å². The Bertz CT molecular complexity index is 1220. The number of nitrogens with zero attached hydrogens (tertiary/aromatic N) is 1. The second-order valence-electron chi connectivity index (χ2n) is 6.94. The van der Waals surface area contributed by atoms with Crippen molar-refractivity contribution < 1.29 is 17.7 Å². The maximum Gasteiger partial charge on any atom is 0.262 e. The highest BCUT2D eigenvalue weighted by Crippen LogP contribution is 2.35. The number of anilines is 2. The molecule has 1 amide bonds. The van der Waals surface area contributed by atoms with Gasteiger partial charge in [-0.05, 0) is 55.2 Å². The zero-order valence-electron chi connectivity index (χ0n) is 17.0. The van der Waals surface area contributed by atoms with Crippen LogP contribution in [0.2, 0.25) is 5.02 Å². The average Bonchev–Trinajstić information content (AvgIpc) is 3.06. The highest BCUT2D eigenvalue weighted by atomic mass is 35.5. The second kappa shape index (κ2) is 8.49. The molecule has 0 radical (unpaired) electrons. The predicted molar refractivity (Wildman–Crippen MR) is 117 cm³/mol. The molecule has 0 atom stereocenters. The summed E-state index contributed by atoms with van der Waals surface area (Å²) in [5.41, 5.74) is 3.51. The van der Waals surface area contributed by atoms with E-state index < -0.39 is 10.0 Å². The maximum absolute atomic E-state index is 13.1. The van der Waals surface area contributed by atoms with Crippen LogP contribution in [0, 0.1) is 13.8 Å². The molecule has 0 bridgehead atoms. The molecule has 0 unspecified atom stereocenters. The monoisotopic (exact) mass is 447 g/mol. The fourth-order valence-corrected chi connectivity index (χ4v) is 4.74. The number of carbonyl (C=O) groups excluding carboxylic acids is 1. The van der Waals surface area contributed by atoms with Crippen LogP contribution < -0.4 is 10.0 Å². The lowest BCUT2D eigenvalue weighted by Crippen LogP contribution is -2.15. The van der Waals surface area contributed by atoms with Crippen molar-refractivity contribution in [3.05, 3.63) is 58.2 Å². The molecule has 0 saturated carbocycles. The zero-order valence-corrected chi connectivity index (χ0v) is 18.6.